The van der Waals surface area contributed by atoms with Gasteiger partial charge in [0.2, 0.25) is 0 Å². The van der Waals surface area contributed by atoms with Gasteiger partial charge in [0.1, 0.15) is 5.82 Å². The van der Waals surface area contributed by atoms with Crippen LogP contribution in [0.15, 0.2) is 42.6 Å². The monoisotopic (exact) mass is 291 g/mol. The van der Waals surface area contributed by atoms with E-state index in [1.807, 2.05) is 0 Å². The van der Waals surface area contributed by atoms with Gasteiger partial charge in [0, 0.05) is 6.20 Å². The zero-order valence-electron chi connectivity index (χ0n) is 10.1. The van der Waals surface area contributed by atoms with Gasteiger partial charge < -0.3 is 10.4 Å². The number of carboxylic acids is 1. The molecule has 0 saturated heterocycles. The normalized spacial score (nSPS) is 9.85. The van der Waals surface area contributed by atoms with E-state index < -0.39 is 12.0 Å². The van der Waals surface area contributed by atoms with Crippen LogP contribution < -0.4 is 10.6 Å². The number of aromatic carboxylic acids is 1. The van der Waals surface area contributed by atoms with Crippen LogP contribution in [0.1, 0.15) is 10.4 Å². The third-order valence-corrected chi connectivity index (χ3v) is 2.70. The Morgan fingerprint density at radius 1 is 1.15 bits per heavy atom. The molecule has 0 spiro atoms. The van der Waals surface area contributed by atoms with E-state index in [0.29, 0.717) is 5.82 Å². The fraction of sp³-hybridized carbons (Fsp3) is 0. The number of hydrogen-bond acceptors (Lipinski definition) is 3. The lowest BCUT2D eigenvalue weighted by atomic mass is 10.2. The maximum absolute atomic E-state index is 11.7. The maximum atomic E-state index is 11.7. The van der Waals surface area contributed by atoms with E-state index in [1.165, 1.54) is 24.4 Å². The number of aromatic nitrogens is 1. The van der Waals surface area contributed by atoms with Crippen molar-refractivity contribution in [2.24, 2.45) is 0 Å². The number of nitrogens with one attached hydrogen (secondary N) is 2. The molecule has 1 aromatic carbocycles. The topological polar surface area (TPSA) is 91.3 Å². The van der Waals surface area contributed by atoms with Gasteiger partial charge in [-0.05, 0) is 30.3 Å². The van der Waals surface area contributed by atoms with E-state index in [-0.39, 0.29) is 16.3 Å². The molecule has 0 aliphatic heterocycles. The van der Waals surface area contributed by atoms with Crippen LogP contribution >= 0.6 is 11.6 Å². The number of carbonyl (C=O) groups is 2. The number of amides is 2. The Morgan fingerprint density at radius 3 is 2.60 bits per heavy atom. The number of pyridine rings is 1. The molecule has 6 nitrogen and oxygen atoms in total. The summed E-state index contributed by atoms with van der Waals surface area (Å²) in [7, 11) is 0. The van der Waals surface area contributed by atoms with Crippen molar-refractivity contribution in [1.29, 1.82) is 0 Å². The Hall–Kier alpha value is -2.60. The van der Waals surface area contributed by atoms with Crippen LogP contribution in [-0.2, 0) is 0 Å². The van der Waals surface area contributed by atoms with Crippen LogP contribution in [0, 0.1) is 0 Å². The van der Waals surface area contributed by atoms with Gasteiger partial charge in [-0.3, -0.25) is 5.32 Å². The lowest BCUT2D eigenvalue weighted by Crippen LogP contribution is -2.20. The van der Waals surface area contributed by atoms with Gasteiger partial charge in [0.25, 0.3) is 0 Å². The number of urea groups is 1. The average Bonchev–Trinajstić information content (AvgIpc) is 2.42. The van der Waals surface area contributed by atoms with Gasteiger partial charge in [0.15, 0.2) is 0 Å². The molecule has 0 aliphatic rings. The predicted octanol–water partition coefficient (Wildman–Crippen LogP) is 3.08. The minimum absolute atomic E-state index is 0.0301. The molecule has 0 aliphatic carbocycles. The predicted molar refractivity (Wildman–Crippen MR) is 75.3 cm³/mol. The summed E-state index contributed by atoms with van der Waals surface area (Å²) in [6.07, 6.45) is 1.54. The minimum atomic E-state index is -1.10. The van der Waals surface area contributed by atoms with Crippen LogP contribution in [0.5, 0.6) is 0 Å². The van der Waals surface area contributed by atoms with Crippen molar-refractivity contribution >= 4 is 35.1 Å². The van der Waals surface area contributed by atoms with Crippen molar-refractivity contribution in [3.63, 3.8) is 0 Å². The maximum Gasteiger partial charge on any atom is 0.335 e. The molecule has 2 aromatic rings. The molecule has 0 bridgehead atoms. The van der Waals surface area contributed by atoms with Gasteiger partial charge in [-0.1, -0.05) is 17.7 Å². The molecule has 102 valence electrons. The van der Waals surface area contributed by atoms with Crippen molar-refractivity contribution in [3.05, 3.63) is 53.2 Å². The summed E-state index contributed by atoms with van der Waals surface area (Å²) in [4.78, 5) is 26.5. The number of nitrogens with zero attached hydrogens (tertiary/aromatic N) is 1. The van der Waals surface area contributed by atoms with Crippen LogP contribution in [0.4, 0.5) is 16.3 Å². The lowest BCUT2D eigenvalue weighted by molar-refractivity contribution is 0.0697. The van der Waals surface area contributed by atoms with E-state index in [4.69, 9.17) is 16.7 Å². The number of anilines is 2. The summed E-state index contributed by atoms with van der Waals surface area (Å²) in [5.41, 5.74) is 0.238. The second-order valence-corrected chi connectivity index (χ2v) is 4.20. The Morgan fingerprint density at radius 2 is 1.95 bits per heavy atom. The van der Waals surface area contributed by atoms with E-state index in [2.05, 4.69) is 15.6 Å². The number of carboxylic acid groups (broad SMARTS) is 1. The molecule has 0 unspecified atom stereocenters. The van der Waals surface area contributed by atoms with Gasteiger partial charge in [-0.2, -0.15) is 0 Å². The number of carbonyl (C=O) groups excluding carboxylic acids is 1. The number of hydrogen-bond donors (Lipinski definition) is 3. The van der Waals surface area contributed by atoms with E-state index in [1.54, 1.807) is 18.2 Å². The Bertz CT molecular complexity index is 647. The molecule has 0 radical (unpaired) electrons. The average molecular weight is 292 g/mol. The second-order valence-electron chi connectivity index (χ2n) is 3.79. The van der Waals surface area contributed by atoms with Crippen molar-refractivity contribution in [2.75, 3.05) is 10.6 Å². The SMILES string of the molecule is O=C(Nc1ccccn1)Nc1cc(C(=O)O)ccc1Cl. The third-order valence-electron chi connectivity index (χ3n) is 2.37. The van der Waals surface area contributed by atoms with E-state index in [9.17, 15) is 9.59 Å². The molecule has 2 amide bonds. The zero-order chi connectivity index (χ0) is 14.5. The molecule has 7 heteroatoms. The highest BCUT2D eigenvalue weighted by atomic mass is 35.5. The highest BCUT2D eigenvalue weighted by Crippen LogP contribution is 2.23. The summed E-state index contributed by atoms with van der Waals surface area (Å²) >= 11 is 5.90. The second kappa shape index (κ2) is 6.03. The lowest BCUT2D eigenvalue weighted by Gasteiger charge is -2.09. The molecular formula is C13H10ClN3O3. The fourth-order valence-corrected chi connectivity index (χ4v) is 1.63. The van der Waals surface area contributed by atoms with E-state index in [0.717, 1.165) is 0 Å². The Labute approximate surface area is 119 Å². The summed E-state index contributed by atoms with van der Waals surface area (Å²) in [6.45, 7) is 0. The quantitative estimate of drug-likeness (QED) is 0.810. The highest BCUT2D eigenvalue weighted by Gasteiger charge is 2.10. The molecule has 0 saturated carbocycles. The number of benzene rings is 1. The Kier molecular flexibility index (Phi) is 4.17. The summed E-state index contributed by atoms with van der Waals surface area (Å²) < 4.78 is 0. The first-order chi connectivity index (χ1) is 9.56. The summed E-state index contributed by atoms with van der Waals surface area (Å²) in [6, 6.07) is 8.54. The van der Waals surface area contributed by atoms with E-state index >= 15 is 0 Å². The van der Waals surface area contributed by atoms with Crippen LogP contribution in [-0.4, -0.2) is 22.1 Å². The summed E-state index contributed by atoms with van der Waals surface area (Å²) in [5, 5.41) is 14.1. The number of rotatable bonds is 3. The molecule has 1 aromatic heterocycles. The van der Waals surface area contributed by atoms with Gasteiger partial charge in [0.05, 0.1) is 16.3 Å². The Balaban J connectivity index is 2.11. The van der Waals surface area contributed by atoms with Crippen molar-refractivity contribution in [3.8, 4) is 0 Å². The first-order valence-corrected chi connectivity index (χ1v) is 5.96. The first kappa shape index (κ1) is 13.8. The zero-order valence-corrected chi connectivity index (χ0v) is 10.9. The van der Waals surface area contributed by atoms with Gasteiger partial charge >= 0.3 is 12.0 Å². The fourth-order valence-electron chi connectivity index (χ4n) is 1.46. The molecule has 1 heterocycles. The van der Waals surface area contributed by atoms with Crippen LogP contribution in [0.3, 0.4) is 0 Å². The van der Waals surface area contributed by atoms with Crippen molar-refractivity contribution < 1.29 is 14.7 Å². The molecular weight excluding hydrogens is 282 g/mol. The molecule has 0 atom stereocenters. The first-order valence-electron chi connectivity index (χ1n) is 5.58. The highest BCUT2D eigenvalue weighted by molar-refractivity contribution is 6.34. The standard InChI is InChI=1S/C13H10ClN3O3/c14-9-5-4-8(12(18)19)7-10(9)16-13(20)17-11-3-1-2-6-15-11/h1-7H,(H,18,19)(H2,15,16,17,20). The largest absolute Gasteiger partial charge is 0.478 e. The van der Waals surface area contributed by atoms with Gasteiger partial charge in [-0.25, -0.2) is 14.6 Å². The number of halogens is 1. The smallest absolute Gasteiger partial charge is 0.335 e. The summed E-state index contributed by atoms with van der Waals surface area (Å²) in [5.74, 6) is -0.731. The third kappa shape index (κ3) is 3.46. The molecule has 3 N–H and O–H groups in total. The minimum Gasteiger partial charge on any atom is -0.478 e. The molecule has 0 fully saturated rings. The molecule has 20 heavy (non-hydrogen) atoms. The van der Waals surface area contributed by atoms with Crippen LogP contribution in [0.25, 0.3) is 0 Å². The van der Waals surface area contributed by atoms with Crippen LogP contribution in [0.2, 0.25) is 5.02 Å². The van der Waals surface area contributed by atoms with Gasteiger partial charge in [-0.15, -0.1) is 0 Å². The molecule has 2 rings (SSSR count). The van der Waals surface area contributed by atoms with Crippen molar-refractivity contribution in [2.45, 2.75) is 0 Å². The van der Waals surface area contributed by atoms with Crippen molar-refractivity contribution in [1.82, 2.24) is 4.98 Å².